The van der Waals surface area contributed by atoms with E-state index in [9.17, 15) is 19.3 Å². The van der Waals surface area contributed by atoms with E-state index in [1.165, 1.54) is 4.90 Å². The van der Waals surface area contributed by atoms with Crippen molar-refractivity contribution in [2.24, 2.45) is 0 Å². The number of ether oxygens (including phenoxy) is 1. The quantitative estimate of drug-likeness (QED) is 0.593. The number of nitro groups is 1. The Bertz CT molecular complexity index is 486. The molecule has 0 N–H and O–H groups in total. The van der Waals surface area contributed by atoms with E-state index < -0.39 is 22.3 Å². The Kier molecular flexibility index (Phi) is 3.52. The second-order valence-electron chi connectivity index (χ2n) is 3.88. The number of nitrogens with zero attached hydrogens (tertiary/aromatic N) is 2. The monoisotopic (exact) mass is 254 g/mol. The number of hydrogen-bond acceptors (Lipinski definition) is 4. The zero-order valence-electron chi connectivity index (χ0n) is 9.47. The van der Waals surface area contributed by atoms with E-state index >= 15 is 0 Å². The van der Waals surface area contributed by atoms with Crippen LogP contribution < -0.4 is 0 Å². The van der Waals surface area contributed by atoms with Gasteiger partial charge in [0.1, 0.15) is 18.1 Å². The lowest BCUT2D eigenvalue weighted by atomic mass is 10.1. The summed E-state index contributed by atoms with van der Waals surface area (Å²) in [5.41, 5.74) is -0.641. The van der Waals surface area contributed by atoms with Gasteiger partial charge in [-0.2, -0.15) is 0 Å². The fraction of sp³-hybridized carbons (Fsp3) is 0.364. The fourth-order valence-electron chi connectivity index (χ4n) is 1.77. The standard InChI is InChI=1S/C11H11FN2O4/c12-8-2-3-10(14(16)17)9(6-8)11(15)13-4-1-5-18-7-13/h2-3,6H,1,4-5,7H2. The Balaban J connectivity index is 2.33. The minimum Gasteiger partial charge on any atom is -0.361 e. The van der Waals surface area contributed by atoms with Gasteiger partial charge in [0.25, 0.3) is 11.6 Å². The Morgan fingerprint density at radius 1 is 1.50 bits per heavy atom. The molecule has 7 heteroatoms. The normalized spacial score (nSPS) is 15.5. The smallest absolute Gasteiger partial charge is 0.282 e. The second kappa shape index (κ2) is 5.09. The third kappa shape index (κ3) is 2.45. The van der Waals surface area contributed by atoms with Crippen LogP contribution in [0.25, 0.3) is 0 Å². The molecular formula is C11H11FN2O4. The van der Waals surface area contributed by atoms with Crippen LogP contribution in [0.2, 0.25) is 0 Å². The predicted octanol–water partition coefficient (Wildman–Crippen LogP) is 1.55. The average Bonchev–Trinajstić information content (AvgIpc) is 2.38. The molecule has 1 aliphatic rings. The summed E-state index contributed by atoms with van der Waals surface area (Å²) in [5.74, 6) is -1.26. The number of nitro benzene ring substituents is 1. The Labute approximate surface area is 102 Å². The molecule has 1 aromatic carbocycles. The van der Waals surface area contributed by atoms with Gasteiger partial charge in [-0.3, -0.25) is 14.9 Å². The van der Waals surface area contributed by atoms with Crippen LogP contribution in [0.1, 0.15) is 16.8 Å². The highest BCUT2D eigenvalue weighted by Crippen LogP contribution is 2.22. The third-order valence-corrected chi connectivity index (χ3v) is 2.64. The molecule has 0 unspecified atom stereocenters. The van der Waals surface area contributed by atoms with Crippen molar-refractivity contribution in [1.29, 1.82) is 0 Å². The number of carbonyl (C=O) groups is 1. The number of carbonyl (C=O) groups excluding carboxylic acids is 1. The average molecular weight is 254 g/mol. The van der Waals surface area contributed by atoms with Crippen molar-refractivity contribution in [2.45, 2.75) is 6.42 Å². The van der Waals surface area contributed by atoms with Crippen molar-refractivity contribution < 1.29 is 18.8 Å². The highest BCUT2D eigenvalue weighted by atomic mass is 19.1. The minimum atomic E-state index is -0.697. The molecule has 1 aromatic rings. The number of benzene rings is 1. The molecule has 1 fully saturated rings. The van der Waals surface area contributed by atoms with Gasteiger partial charge in [0.2, 0.25) is 0 Å². The van der Waals surface area contributed by atoms with Crippen LogP contribution >= 0.6 is 0 Å². The summed E-state index contributed by atoms with van der Waals surface area (Å²) in [6.45, 7) is 1.08. The SMILES string of the molecule is O=C(c1cc(F)ccc1[N+](=O)[O-])N1CCCOC1. The first-order chi connectivity index (χ1) is 8.59. The summed E-state index contributed by atoms with van der Waals surface area (Å²) in [4.78, 5) is 23.5. The molecule has 6 nitrogen and oxygen atoms in total. The highest BCUT2D eigenvalue weighted by Gasteiger charge is 2.26. The van der Waals surface area contributed by atoms with E-state index in [2.05, 4.69) is 0 Å². The summed E-state index contributed by atoms with van der Waals surface area (Å²) in [6, 6.07) is 2.84. The molecule has 0 radical (unpaired) electrons. The van der Waals surface area contributed by atoms with Crippen molar-refractivity contribution in [3.63, 3.8) is 0 Å². The molecule has 2 rings (SSSR count). The predicted molar refractivity (Wildman–Crippen MR) is 59.5 cm³/mol. The summed E-state index contributed by atoms with van der Waals surface area (Å²) in [6.07, 6.45) is 0.662. The first-order valence-corrected chi connectivity index (χ1v) is 5.40. The molecule has 0 aliphatic carbocycles. The molecule has 0 atom stereocenters. The van der Waals surface area contributed by atoms with E-state index in [4.69, 9.17) is 4.74 Å². The third-order valence-electron chi connectivity index (χ3n) is 2.64. The maximum Gasteiger partial charge on any atom is 0.282 e. The Morgan fingerprint density at radius 3 is 2.89 bits per heavy atom. The number of rotatable bonds is 2. The first-order valence-electron chi connectivity index (χ1n) is 5.40. The lowest BCUT2D eigenvalue weighted by molar-refractivity contribution is -0.385. The maximum absolute atomic E-state index is 13.1. The van der Waals surface area contributed by atoms with E-state index in [1.807, 2.05) is 0 Å². The Morgan fingerprint density at radius 2 is 2.28 bits per heavy atom. The van der Waals surface area contributed by atoms with Crippen molar-refractivity contribution in [2.75, 3.05) is 19.9 Å². The molecule has 1 amide bonds. The van der Waals surface area contributed by atoms with E-state index in [0.29, 0.717) is 19.6 Å². The largest absolute Gasteiger partial charge is 0.361 e. The van der Waals surface area contributed by atoms with Gasteiger partial charge in [-0.05, 0) is 18.6 Å². The first kappa shape index (κ1) is 12.4. The van der Waals surface area contributed by atoms with Crippen molar-refractivity contribution >= 4 is 11.6 Å². The summed E-state index contributed by atoms with van der Waals surface area (Å²) >= 11 is 0. The number of amides is 1. The molecule has 0 bridgehead atoms. The zero-order valence-corrected chi connectivity index (χ0v) is 9.47. The lowest BCUT2D eigenvalue weighted by Crippen LogP contribution is -2.38. The van der Waals surface area contributed by atoms with Crippen LogP contribution in [0.5, 0.6) is 0 Å². The van der Waals surface area contributed by atoms with Gasteiger partial charge in [-0.1, -0.05) is 0 Å². The van der Waals surface area contributed by atoms with E-state index in [-0.39, 0.29) is 12.3 Å². The van der Waals surface area contributed by atoms with Crippen LogP contribution in [0.3, 0.4) is 0 Å². The fourth-order valence-corrected chi connectivity index (χ4v) is 1.77. The van der Waals surface area contributed by atoms with Gasteiger partial charge >= 0.3 is 0 Å². The molecule has 1 aliphatic heterocycles. The number of halogens is 1. The molecular weight excluding hydrogens is 243 g/mol. The molecule has 18 heavy (non-hydrogen) atoms. The van der Waals surface area contributed by atoms with E-state index in [1.54, 1.807) is 0 Å². The van der Waals surface area contributed by atoms with Gasteiger partial charge in [0.15, 0.2) is 0 Å². The molecule has 96 valence electrons. The van der Waals surface area contributed by atoms with Gasteiger partial charge in [-0.25, -0.2) is 4.39 Å². The molecule has 0 aromatic heterocycles. The topological polar surface area (TPSA) is 72.7 Å². The summed E-state index contributed by atoms with van der Waals surface area (Å²) in [5, 5.41) is 10.8. The van der Waals surface area contributed by atoms with Gasteiger partial charge in [-0.15, -0.1) is 0 Å². The summed E-state index contributed by atoms with van der Waals surface area (Å²) < 4.78 is 18.2. The van der Waals surface area contributed by atoms with Crippen molar-refractivity contribution in [3.8, 4) is 0 Å². The van der Waals surface area contributed by atoms with Crippen LogP contribution in [-0.2, 0) is 4.74 Å². The van der Waals surface area contributed by atoms with Gasteiger partial charge < -0.3 is 9.64 Å². The van der Waals surface area contributed by atoms with Crippen LogP contribution in [0, 0.1) is 15.9 Å². The van der Waals surface area contributed by atoms with Crippen LogP contribution in [-0.4, -0.2) is 35.6 Å². The van der Waals surface area contributed by atoms with Crippen LogP contribution in [0.15, 0.2) is 18.2 Å². The molecule has 1 saturated heterocycles. The van der Waals surface area contributed by atoms with Crippen molar-refractivity contribution in [3.05, 3.63) is 39.7 Å². The highest BCUT2D eigenvalue weighted by molar-refractivity contribution is 5.98. The Hall–Kier alpha value is -2.02. The van der Waals surface area contributed by atoms with Crippen molar-refractivity contribution in [1.82, 2.24) is 4.90 Å². The molecule has 1 heterocycles. The summed E-state index contributed by atoms with van der Waals surface area (Å²) in [7, 11) is 0. The molecule has 0 saturated carbocycles. The number of hydrogen-bond donors (Lipinski definition) is 0. The van der Waals surface area contributed by atoms with Gasteiger partial charge in [0.05, 0.1) is 11.5 Å². The van der Waals surface area contributed by atoms with Crippen LogP contribution in [0.4, 0.5) is 10.1 Å². The molecule has 0 spiro atoms. The maximum atomic E-state index is 13.1. The minimum absolute atomic E-state index is 0.0759. The zero-order chi connectivity index (χ0) is 13.1. The lowest BCUT2D eigenvalue weighted by Gasteiger charge is -2.26. The van der Waals surface area contributed by atoms with Gasteiger partial charge in [0, 0.05) is 12.6 Å². The second-order valence-corrected chi connectivity index (χ2v) is 3.88. The van der Waals surface area contributed by atoms with E-state index in [0.717, 1.165) is 18.2 Å².